The van der Waals surface area contributed by atoms with Crippen LogP contribution < -0.4 is 10.5 Å². The number of nitrogens with two attached hydrogens (primary N) is 1. The van der Waals surface area contributed by atoms with Crippen LogP contribution in [0.25, 0.3) is 0 Å². The zero-order valence-electron chi connectivity index (χ0n) is 8.77. The molecule has 1 rings (SSSR count). The van der Waals surface area contributed by atoms with E-state index in [4.69, 9.17) is 10.5 Å². The van der Waals surface area contributed by atoms with Crippen LogP contribution in [0.3, 0.4) is 0 Å². The Morgan fingerprint density at radius 1 is 1.53 bits per heavy atom. The molecular weight excluding hydrogens is 196 g/mol. The van der Waals surface area contributed by atoms with Gasteiger partial charge in [-0.05, 0) is 5.56 Å². The molecule has 0 amide bonds. The second-order valence-corrected chi connectivity index (χ2v) is 2.95. The van der Waals surface area contributed by atoms with E-state index in [0.717, 1.165) is 5.56 Å². The third-order valence-electron chi connectivity index (χ3n) is 2.09. The number of pyridine rings is 1. The molecule has 5 heteroatoms. The van der Waals surface area contributed by atoms with Gasteiger partial charge in [-0.1, -0.05) is 6.07 Å². The van der Waals surface area contributed by atoms with Gasteiger partial charge in [-0.15, -0.1) is 0 Å². The van der Waals surface area contributed by atoms with Crippen LogP contribution in [0.4, 0.5) is 0 Å². The van der Waals surface area contributed by atoms with Crippen LogP contribution in [0, 0.1) is 0 Å². The Labute approximate surface area is 88.2 Å². The van der Waals surface area contributed by atoms with E-state index in [1.807, 2.05) is 0 Å². The van der Waals surface area contributed by atoms with Crippen molar-refractivity contribution in [3.8, 4) is 5.88 Å². The van der Waals surface area contributed by atoms with Gasteiger partial charge in [0.1, 0.15) is 0 Å². The maximum Gasteiger partial charge on any atom is 0.314 e. The van der Waals surface area contributed by atoms with E-state index in [9.17, 15) is 4.79 Å². The molecule has 1 aromatic rings. The Morgan fingerprint density at radius 3 is 2.67 bits per heavy atom. The molecule has 0 aliphatic heterocycles. The van der Waals surface area contributed by atoms with Gasteiger partial charge in [0.05, 0.1) is 20.1 Å². The lowest BCUT2D eigenvalue weighted by atomic mass is 10.0. The normalized spacial score (nSPS) is 11.9. The molecule has 1 heterocycles. The summed E-state index contributed by atoms with van der Waals surface area (Å²) in [6, 6.07) is 3.43. The number of methoxy groups -OCH3 is 2. The molecule has 0 radical (unpaired) electrons. The molecule has 15 heavy (non-hydrogen) atoms. The molecule has 2 N–H and O–H groups in total. The lowest BCUT2D eigenvalue weighted by molar-refractivity contribution is -0.142. The van der Waals surface area contributed by atoms with E-state index in [0.29, 0.717) is 5.88 Å². The summed E-state index contributed by atoms with van der Waals surface area (Å²) in [5, 5.41) is 0. The second-order valence-electron chi connectivity index (χ2n) is 2.95. The maximum atomic E-state index is 11.3. The molecule has 0 fully saturated rings. The predicted octanol–water partition coefficient (Wildman–Crippen LogP) is 0.305. The number of hydrogen-bond donors (Lipinski definition) is 1. The molecule has 0 saturated carbocycles. The fraction of sp³-hybridized carbons (Fsp3) is 0.400. The van der Waals surface area contributed by atoms with Gasteiger partial charge in [0.2, 0.25) is 5.88 Å². The largest absolute Gasteiger partial charge is 0.481 e. The van der Waals surface area contributed by atoms with E-state index in [1.54, 1.807) is 18.3 Å². The lowest BCUT2D eigenvalue weighted by Gasteiger charge is -2.12. The standard InChI is InChI=1S/C10H14N2O3/c1-14-9-4-3-7(6-12-9)8(5-11)10(13)15-2/h3-4,6,8H,5,11H2,1-2H3/t8-/m1/s1. The molecule has 0 spiro atoms. The van der Waals surface area contributed by atoms with Crippen LogP contribution in [0.5, 0.6) is 5.88 Å². The highest BCUT2D eigenvalue weighted by molar-refractivity contribution is 5.78. The van der Waals surface area contributed by atoms with Crippen molar-refractivity contribution < 1.29 is 14.3 Å². The maximum absolute atomic E-state index is 11.3. The van der Waals surface area contributed by atoms with Crippen LogP contribution in [-0.4, -0.2) is 31.7 Å². The lowest BCUT2D eigenvalue weighted by Crippen LogP contribution is -2.22. The molecule has 0 aromatic carbocycles. The summed E-state index contributed by atoms with van der Waals surface area (Å²) >= 11 is 0. The van der Waals surface area contributed by atoms with Crippen molar-refractivity contribution in [2.24, 2.45) is 5.73 Å². The first-order valence-corrected chi connectivity index (χ1v) is 4.50. The number of rotatable bonds is 4. The zero-order chi connectivity index (χ0) is 11.3. The minimum atomic E-state index is -0.464. The van der Waals surface area contributed by atoms with E-state index in [1.165, 1.54) is 14.2 Å². The van der Waals surface area contributed by atoms with Gasteiger partial charge in [-0.2, -0.15) is 0 Å². The number of carbonyl (C=O) groups excluding carboxylic acids is 1. The Balaban J connectivity index is 2.87. The van der Waals surface area contributed by atoms with E-state index < -0.39 is 5.92 Å². The number of aromatic nitrogens is 1. The fourth-order valence-electron chi connectivity index (χ4n) is 1.23. The molecule has 0 saturated heterocycles. The molecule has 82 valence electrons. The first kappa shape index (κ1) is 11.5. The van der Waals surface area contributed by atoms with E-state index in [2.05, 4.69) is 9.72 Å². The summed E-state index contributed by atoms with van der Waals surface area (Å²) in [6.07, 6.45) is 1.56. The molecule has 0 bridgehead atoms. The monoisotopic (exact) mass is 210 g/mol. The Bertz CT molecular complexity index is 324. The summed E-state index contributed by atoms with van der Waals surface area (Å²) in [4.78, 5) is 15.3. The summed E-state index contributed by atoms with van der Waals surface area (Å²) in [6.45, 7) is 0.195. The predicted molar refractivity (Wildman–Crippen MR) is 54.6 cm³/mol. The topological polar surface area (TPSA) is 74.4 Å². The smallest absolute Gasteiger partial charge is 0.314 e. The highest BCUT2D eigenvalue weighted by Crippen LogP contribution is 2.17. The Kier molecular flexibility index (Phi) is 4.05. The minimum absolute atomic E-state index is 0.195. The minimum Gasteiger partial charge on any atom is -0.481 e. The van der Waals surface area contributed by atoms with Gasteiger partial charge in [-0.25, -0.2) is 4.98 Å². The molecule has 0 aliphatic carbocycles. The molecular formula is C10H14N2O3. The Morgan fingerprint density at radius 2 is 2.27 bits per heavy atom. The molecule has 0 aliphatic rings. The van der Waals surface area contributed by atoms with Crippen molar-refractivity contribution in [3.63, 3.8) is 0 Å². The number of hydrogen-bond acceptors (Lipinski definition) is 5. The van der Waals surface area contributed by atoms with E-state index >= 15 is 0 Å². The third kappa shape index (κ3) is 2.66. The third-order valence-corrected chi connectivity index (χ3v) is 2.09. The Hall–Kier alpha value is -1.62. The van der Waals surface area contributed by atoms with Crippen molar-refractivity contribution in [1.29, 1.82) is 0 Å². The van der Waals surface area contributed by atoms with Gasteiger partial charge >= 0.3 is 5.97 Å². The van der Waals surface area contributed by atoms with Gasteiger partial charge in [-0.3, -0.25) is 4.79 Å². The highest BCUT2D eigenvalue weighted by atomic mass is 16.5. The average Bonchev–Trinajstić information content (AvgIpc) is 2.30. The fourth-order valence-corrected chi connectivity index (χ4v) is 1.23. The van der Waals surface area contributed by atoms with E-state index in [-0.39, 0.29) is 12.5 Å². The number of ether oxygens (including phenoxy) is 2. The van der Waals surface area contributed by atoms with Crippen molar-refractivity contribution >= 4 is 5.97 Å². The summed E-state index contributed by atoms with van der Waals surface area (Å²) in [5.74, 6) is -0.322. The van der Waals surface area contributed by atoms with Crippen molar-refractivity contribution in [3.05, 3.63) is 23.9 Å². The SMILES string of the molecule is COC(=O)[C@H](CN)c1ccc(OC)nc1. The van der Waals surface area contributed by atoms with Crippen LogP contribution >= 0.6 is 0 Å². The summed E-state index contributed by atoms with van der Waals surface area (Å²) < 4.78 is 9.55. The molecule has 1 atom stereocenters. The number of carbonyl (C=O) groups is 1. The first-order chi connectivity index (χ1) is 7.22. The summed E-state index contributed by atoms with van der Waals surface area (Å²) in [7, 11) is 2.87. The molecule has 0 unspecified atom stereocenters. The van der Waals surface area contributed by atoms with Crippen LogP contribution in [0.2, 0.25) is 0 Å². The van der Waals surface area contributed by atoms with Gasteiger partial charge < -0.3 is 15.2 Å². The quantitative estimate of drug-likeness (QED) is 0.724. The van der Waals surface area contributed by atoms with Gasteiger partial charge in [0.15, 0.2) is 0 Å². The zero-order valence-corrected chi connectivity index (χ0v) is 8.77. The van der Waals surface area contributed by atoms with Crippen LogP contribution in [-0.2, 0) is 9.53 Å². The van der Waals surface area contributed by atoms with Crippen molar-refractivity contribution in [2.45, 2.75) is 5.92 Å². The van der Waals surface area contributed by atoms with Gasteiger partial charge in [0.25, 0.3) is 0 Å². The highest BCUT2D eigenvalue weighted by Gasteiger charge is 2.19. The summed E-state index contributed by atoms with van der Waals surface area (Å²) in [5.41, 5.74) is 6.22. The molecule has 1 aromatic heterocycles. The number of nitrogens with zero attached hydrogens (tertiary/aromatic N) is 1. The number of esters is 1. The van der Waals surface area contributed by atoms with Crippen molar-refractivity contribution in [2.75, 3.05) is 20.8 Å². The second kappa shape index (κ2) is 5.31. The van der Waals surface area contributed by atoms with Gasteiger partial charge in [0, 0.05) is 18.8 Å². The van der Waals surface area contributed by atoms with Crippen LogP contribution in [0.1, 0.15) is 11.5 Å². The van der Waals surface area contributed by atoms with Crippen molar-refractivity contribution in [1.82, 2.24) is 4.98 Å². The molecule has 5 nitrogen and oxygen atoms in total. The average molecular weight is 210 g/mol. The van der Waals surface area contributed by atoms with Crippen LogP contribution in [0.15, 0.2) is 18.3 Å². The first-order valence-electron chi connectivity index (χ1n) is 4.50.